The predicted octanol–water partition coefficient (Wildman–Crippen LogP) is -1.72. The molecule has 2 N–H and O–H groups in total. The molecular formula is C6H10O5. The number of aliphatic hydroxyl groups is 2. The Morgan fingerprint density at radius 1 is 1.73 bits per heavy atom. The first-order valence-corrected chi connectivity index (χ1v) is 3.23. The van der Waals surface area contributed by atoms with Crippen molar-refractivity contribution in [1.82, 2.24) is 0 Å². The summed E-state index contributed by atoms with van der Waals surface area (Å²) in [5.74, 6) is -0.740. The van der Waals surface area contributed by atoms with Crippen molar-refractivity contribution in [2.45, 2.75) is 18.3 Å². The van der Waals surface area contributed by atoms with E-state index < -0.39 is 24.3 Å². The molecule has 0 aromatic carbocycles. The molecule has 3 atom stereocenters. The number of carbonyl (C=O) groups excluding carboxylic acids is 1. The minimum Gasteiger partial charge on any atom is -0.455 e. The summed E-state index contributed by atoms with van der Waals surface area (Å²) in [6.07, 6.45) is -2.74. The molecule has 0 amide bonds. The molecule has 1 aliphatic rings. The maximum Gasteiger partial charge on any atom is 0.338 e. The molecule has 0 bridgehead atoms. The summed E-state index contributed by atoms with van der Waals surface area (Å²) in [6.45, 7) is -0.332. The van der Waals surface area contributed by atoms with Gasteiger partial charge in [-0.2, -0.15) is 0 Å². The molecule has 0 aliphatic carbocycles. The third kappa shape index (κ3) is 1.35. The van der Waals surface area contributed by atoms with Crippen molar-refractivity contribution >= 4 is 5.97 Å². The molecule has 64 valence electrons. The van der Waals surface area contributed by atoms with Crippen LogP contribution < -0.4 is 0 Å². The summed E-state index contributed by atoms with van der Waals surface area (Å²) < 4.78 is 9.30. The first-order valence-electron chi connectivity index (χ1n) is 3.23. The van der Waals surface area contributed by atoms with Crippen LogP contribution in [0.15, 0.2) is 0 Å². The molecule has 0 aromatic heterocycles. The van der Waals surface area contributed by atoms with Crippen LogP contribution in [0.5, 0.6) is 0 Å². The zero-order valence-electron chi connectivity index (χ0n) is 6.06. The van der Waals surface area contributed by atoms with Crippen LogP contribution in [0, 0.1) is 0 Å². The molecule has 5 heteroatoms. The number of methoxy groups -OCH3 is 1. The average molecular weight is 162 g/mol. The standard InChI is InChI=1S/C6H10O5/c1-10-5-3(2-7)11-6(9)4(5)8/h3-5,7-8H,2H2,1H3/t3-,4-,5+/m1/s1. The maximum absolute atomic E-state index is 10.6. The summed E-state index contributed by atoms with van der Waals surface area (Å²) in [5, 5.41) is 17.7. The van der Waals surface area contributed by atoms with Crippen molar-refractivity contribution < 1.29 is 24.5 Å². The first kappa shape index (κ1) is 8.45. The van der Waals surface area contributed by atoms with Crippen molar-refractivity contribution in [3.63, 3.8) is 0 Å². The lowest BCUT2D eigenvalue weighted by atomic mass is 10.1. The van der Waals surface area contributed by atoms with Crippen LogP contribution in [0.2, 0.25) is 0 Å². The van der Waals surface area contributed by atoms with Crippen molar-refractivity contribution in [3.8, 4) is 0 Å². The van der Waals surface area contributed by atoms with E-state index >= 15 is 0 Å². The highest BCUT2D eigenvalue weighted by Gasteiger charge is 2.43. The van der Waals surface area contributed by atoms with E-state index in [4.69, 9.17) is 14.9 Å². The van der Waals surface area contributed by atoms with E-state index in [1.54, 1.807) is 0 Å². The summed E-state index contributed by atoms with van der Waals surface area (Å²) >= 11 is 0. The van der Waals surface area contributed by atoms with Crippen molar-refractivity contribution in [3.05, 3.63) is 0 Å². The molecule has 0 saturated carbocycles. The minimum absolute atomic E-state index is 0.332. The highest BCUT2D eigenvalue weighted by atomic mass is 16.6. The van der Waals surface area contributed by atoms with Gasteiger partial charge in [-0.1, -0.05) is 0 Å². The highest BCUT2D eigenvalue weighted by Crippen LogP contribution is 2.17. The van der Waals surface area contributed by atoms with Crippen LogP contribution in [-0.4, -0.2) is 48.2 Å². The molecule has 11 heavy (non-hydrogen) atoms. The Balaban J connectivity index is 2.64. The minimum atomic E-state index is -1.27. The first-order chi connectivity index (χ1) is 5.20. The fraction of sp³-hybridized carbons (Fsp3) is 0.833. The molecule has 1 fully saturated rings. The Hall–Kier alpha value is -0.650. The lowest BCUT2D eigenvalue weighted by molar-refractivity contribution is -0.148. The molecule has 1 heterocycles. The van der Waals surface area contributed by atoms with Gasteiger partial charge in [-0.25, -0.2) is 4.79 Å². The third-order valence-electron chi connectivity index (χ3n) is 1.64. The number of aliphatic hydroxyl groups excluding tert-OH is 2. The van der Waals surface area contributed by atoms with Crippen LogP contribution in [0.1, 0.15) is 0 Å². The monoisotopic (exact) mass is 162 g/mol. The van der Waals surface area contributed by atoms with E-state index in [9.17, 15) is 4.79 Å². The zero-order valence-corrected chi connectivity index (χ0v) is 6.06. The van der Waals surface area contributed by atoms with Crippen LogP contribution in [0.3, 0.4) is 0 Å². The average Bonchev–Trinajstić information content (AvgIpc) is 2.28. The van der Waals surface area contributed by atoms with Crippen LogP contribution >= 0.6 is 0 Å². The number of hydrogen-bond acceptors (Lipinski definition) is 5. The van der Waals surface area contributed by atoms with E-state index in [0.717, 1.165) is 0 Å². The molecule has 1 aliphatic heterocycles. The van der Waals surface area contributed by atoms with Gasteiger partial charge in [0.15, 0.2) is 12.2 Å². The SMILES string of the molecule is CO[C@H]1[C@@H](CO)OC(=O)[C@@H]1O. The van der Waals surface area contributed by atoms with E-state index in [1.165, 1.54) is 7.11 Å². The lowest BCUT2D eigenvalue weighted by Crippen LogP contribution is -2.34. The van der Waals surface area contributed by atoms with Gasteiger partial charge in [0.25, 0.3) is 0 Å². The van der Waals surface area contributed by atoms with Gasteiger partial charge >= 0.3 is 5.97 Å². The Labute approximate surface area is 63.5 Å². The van der Waals surface area contributed by atoms with Crippen molar-refractivity contribution in [2.24, 2.45) is 0 Å². The second-order valence-electron chi connectivity index (χ2n) is 2.30. The van der Waals surface area contributed by atoms with Crippen LogP contribution in [-0.2, 0) is 14.3 Å². The summed E-state index contributed by atoms with van der Waals surface area (Å²) in [7, 11) is 1.35. The fourth-order valence-corrected chi connectivity index (χ4v) is 1.05. The molecular weight excluding hydrogens is 152 g/mol. The van der Waals surface area contributed by atoms with Crippen molar-refractivity contribution in [1.29, 1.82) is 0 Å². The van der Waals surface area contributed by atoms with Gasteiger partial charge in [0, 0.05) is 7.11 Å². The van der Waals surface area contributed by atoms with Crippen LogP contribution in [0.4, 0.5) is 0 Å². The number of rotatable bonds is 2. The van der Waals surface area contributed by atoms with Gasteiger partial charge in [-0.15, -0.1) is 0 Å². The quantitative estimate of drug-likeness (QED) is 0.472. The largest absolute Gasteiger partial charge is 0.455 e. The number of cyclic esters (lactones) is 1. The number of hydrogen-bond donors (Lipinski definition) is 2. The smallest absolute Gasteiger partial charge is 0.338 e. The molecule has 0 spiro atoms. The maximum atomic E-state index is 10.6. The number of carbonyl (C=O) groups is 1. The number of esters is 1. The normalized spacial score (nSPS) is 37.4. The Bertz CT molecular complexity index is 157. The van der Waals surface area contributed by atoms with E-state index in [0.29, 0.717) is 0 Å². The van der Waals surface area contributed by atoms with E-state index in [2.05, 4.69) is 4.74 Å². The van der Waals surface area contributed by atoms with Crippen LogP contribution in [0.25, 0.3) is 0 Å². The zero-order chi connectivity index (χ0) is 8.43. The summed E-state index contributed by atoms with van der Waals surface area (Å²) in [4.78, 5) is 10.6. The topological polar surface area (TPSA) is 76.0 Å². The Morgan fingerprint density at radius 2 is 2.36 bits per heavy atom. The van der Waals surface area contributed by atoms with Gasteiger partial charge in [0.2, 0.25) is 0 Å². The van der Waals surface area contributed by atoms with Gasteiger partial charge < -0.3 is 19.7 Å². The van der Waals surface area contributed by atoms with Gasteiger partial charge in [-0.3, -0.25) is 0 Å². The van der Waals surface area contributed by atoms with E-state index in [1.807, 2.05) is 0 Å². The highest BCUT2D eigenvalue weighted by molar-refractivity contribution is 5.77. The molecule has 0 unspecified atom stereocenters. The van der Waals surface area contributed by atoms with Gasteiger partial charge in [0.05, 0.1) is 6.61 Å². The van der Waals surface area contributed by atoms with E-state index in [-0.39, 0.29) is 6.61 Å². The van der Waals surface area contributed by atoms with Crippen molar-refractivity contribution in [2.75, 3.05) is 13.7 Å². The molecule has 1 saturated heterocycles. The Morgan fingerprint density at radius 3 is 2.73 bits per heavy atom. The molecule has 1 rings (SSSR count). The molecule has 0 radical (unpaired) electrons. The van der Waals surface area contributed by atoms with Gasteiger partial charge in [0.1, 0.15) is 6.10 Å². The second kappa shape index (κ2) is 3.17. The third-order valence-corrected chi connectivity index (χ3v) is 1.64. The summed E-state index contributed by atoms with van der Waals surface area (Å²) in [5.41, 5.74) is 0. The number of ether oxygens (including phenoxy) is 2. The molecule has 5 nitrogen and oxygen atoms in total. The molecule has 0 aromatic rings. The second-order valence-corrected chi connectivity index (χ2v) is 2.30. The fourth-order valence-electron chi connectivity index (χ4n) is 1.05. The Kier molecular flexibility index (Phi) is 2.43. The lowest BCUT2D eigenvalue weighted by Gasteiger charge is -2.13. The van der Waals surface area contributed by atoms with Gasteiger partial charge in [-0.05, 0) is 0 Å². The summed E-state index contributed by atoms with van der Waals surface area (Å²) in [6, 6.07) is 0. The predicted molar refractivity (Wildman–Crippen MR) is 33.8 cm³/mol.